The van der Waals surface area contributed by atoms with Crippen molar-refractivity contribution in [1.82, 2.24) is 4.98 Å². The number of aromatic nitrogens is 1. The maximum Gasteiger partial charge on any atom is 0.305 e. The number of carbonyl (C=O) groups excluding carboxylic acids is 2. The Labute approximate surface area is 273 Å². The Balaban J connectivity index is 1.20. The summed E-state index contributed by atoms with van der Waals surface area (Å²) in [6.07, 6.45) is 0.840. The molecule has 3 heterocycles. The van der Waals surface area contributed by atoms with Gasteiger partial charge >= 0.3 is 4.87 Å². The summed E-state index contributed by atoms with van der Waals surface area (Å²) >= 11 is 10.1. The molecule has 1 saturated heterocycles. The summed E-state index contributed by atoms with van der Waals surface area (Å²) in [7, 11) is 0. The lowest BCUT2D eigenvalue weighted by Crippen LogP contribution is -2.42. The standard InChI is InChI=1S/C33H26Br2N2O4S2/c1-15-4-2-3-5-16(15)14-41-23-11-8-18(35)12-20(23)24-25-21-13-22(28(25)42-30-29(24)43-33(40)36-30)27-26(21)31(38)37(32(27)39)19-9-6-17(34)7-10-19/h2-12,21-22,24-28H,13-14H2,1H3,(H,36,40)/t21?,22?,24-,25?,26?,27?,28?/m1/s1. The number of carbonyl (C=O) groups is 2. The number of imide groups is 1. The van der Waals surface area contributed by atoms with Crippen molar-refractivity contribution in [3.05, 3.63) is 107 Å². The van der Waals surface area contributed by atoms with E-state index in [0.29, 0.717) is 12.3 Å². The Morgan fingerprint density at radius 1 is 0.930 bits per heavy atom. The molecule has 2 amide bonds. The first-order valence-corrected chi connectivity index (χ1v) is 17.6. The number of rotatable bonds is 5. The molecule has 2 saturated carbocycles. The van der Waals surface area contributed by atoms with Crippen LogP contribution in [0.4, 0.5) is 5.69 Å². The normalized spacial score (nSPS) is 28.6. The van der Waals surface area contributed by atoms with Gasteiger partial charge in [0.05, 0.1) is 22.5 Å². The molecule has 43 heavy (non-hydrogen) atoms. The van der Waals surface area contributed by atoms with E-state index in [4.69, 9.17) is 4.74 Å². The van der Waals surface area contributed by atoms with E-state index in [1.165, 1.54) is 21.8 Å². The van der Waals surface area contributed by atoms with Crippen molar-refractivity contribution in [2.24, 2.45) is 29.6 Å². The van der Waals surface area contributed by atoms with E-state index < -0.39 is 0 Å². The maximum absolute atomic E-state index is 14.1. The van der Waals surface area contributed by atoms with Crippen molar-refractivity contribution in [2.45, 2.75) is 36.1 Å². The number of thioether (sulfide) groups is 1. The summed E-state index contributed by atoms with van der Waals surface area (Å²) in [6, 6.07) is 21.7. The minimum atomic E-state index is -0.355. The first kappa shape index (κ1) is 27.9. The number of benzene rings is 3. The van der Waals surface area contributed by atoms with Crippen LogP contribution in [0.25, 0.3) is 0 Å². The van der Waals surface area contributed by atoms with Gasteiger partial charge in [0.15, 0.2) is 0 Å². The summed E-state index contributed by atoms with van der Waals surface area (Å²) in [4.78, 5) is 46.1. The Morgan fingerprint density at radius 2 is 1.65 bits per heavy atom. The fourth-order valence-corrected chi connectivity index (χ4v) is 11.6. The number of H-pyrrole nitrogens is 1. The molecule has 10 heteroatoms. The molecule has 1 aromatic heterocycles. The summed E-state index contributed by atoms with van der Waals surface area (Å²) in [6.45, 7) is 2.51. The topological polar surface area (TPSA) is 79.5 Å². The van der Waals surface area contributed by atoms with E-state index >= 15 is 0 Å². The Kier molecular flexibility index (Phi) is 6.78. The number of aryl methyl sites for hydroxylation is 1. The third kappa shape index (κ3) is 4.35. The monoisotopic (exact) mass is 736 g/mol. The van der Waals surface area contributed by atoms with Gasteiger partial charge in [0.1, 0.15) is 12.4 Å². The van der Waals surface area contributed by atoms with E-state index in [0.717, 1.165) is 42.1 Å². The number of hydrogen-bond acceptors (Lipinski definition) is 6. The van der Waals surface area contributed by atoms with Gasteiger partial charge in [-0.3, -0.25) is 19.3 Å². The zero-order chi connectivity index (χ0) is 29.6. The van der Waals surface area contributed by atoms with Gasteiger partial charge in [-0.2, -0.15) is 0 Å². The lowest BCUT2D eigenvalue weighted by atomic mass is 9.68. The van der Waals surface area contributed by atoms with Gasteiger partial charge in [0, 0.05) is 30.6 Å². The van der Waals surface area contributed by atoms with Gasteiger partial charge in [-0.05, 0) is 84.7 Å². The molecule has 6 nitrogen and oxygen atoms in total. The largest absolute Gasteiger partial charge is 0.489 e. The Morgan fingerprint density at radius 3 is 2.42 bits per heavy atom. The number of hydrogen-bond donors (Lipinski definition) is 1. The lowest BCUT2D eigenvalue weighted by molar-refractivity contribution is -0.123. The summed E-state index contributed by atoms with van der Waals surface area (Å²) in [5.74, 6) is -0.0407. The molecule has 0 radical (unpaired) electrons. The van der Waals surface area contributed by atoms with Crippen molar-refractivity contribution >= 4 is 72.5 Å². The number of thiazole rings is 1. The van der Waals surface area contributed by atoms with Crippen LogP contribution >= 0.6 is 55.0 Å². The van der Waals surface area contributed by atoms with Crippen LogP contribution in [0.15, 0.2) is 85.5 Å². The van der Waals surface area contributed by atoms with Crippen LogP contribution in [0.2, 0.25) is 0 Å². The van der Waals surface area contributed by atoms with E-state index in [1.54, 1.807) is 11.8 Å². The zero-order valence-electron chi connectivity index (χ0n) is 23.0. The molecule has 1 N–H and O–H groups in total. The number of nitrogens with one attached hydrogen (secondary N) is 1. The first-order valence-electron chi connectivity index (χ1n) is 14.3. The van der Waals surface area contributed by atoms with Crippen molar-refractivity contribution in [2.75, 3.05) is 4.90 Å². The molecular formula is C33H26Br2N2O4S2. The highest BCUT2D eigenvalue weighted by atomic mass is 79.9. The van der Waals surface area contributed by atoms with Crippen LogP contribution in [0.5, 0.6) is 5.75 Å². The number of fused-ring (bicyclic) bond motifs is 9. The summed E-state index contributed by atoms with van der Waals surface area (Å²) in [5.41, 5.74) is 3.92. The Bertz CT molecular complexity index is 1850. The van der Waals surface area contributed by atoms with Crippen molar-refractivity contribution in [3.63, 3.8) is 0 Å². The predicted octanol–water partition coefficient (Wildman–Crippen LogP) is 7.53. The first-order chi connectivity index (χ1) is 20.8. The third-order valence-electron chi connectivity index (χ3n) is 9.76. The number of nitrogens with zero attached hydrogens (tertiary/aromatic N) is 1. The van der Waals surface area contributed by atoms with Crippen LogP contribution in [-0.2, 0) is 16.2 Å². The molecule has 8 rings (SSSR count). The van der Waals surface area contributed by atoms with Gasteiger partial charge < -0.3 is 9.72 Å². The number of halogens is 2. The van der Waals surface area contributed by atoms with Crippen molar-refractivity contribution < 1.29 is 14.3 Å². The second-order valence-electron chi connectivity index (χ2n) is 11.8. The van der Waals surface area contributed by atoms with Crippen LogP contribution in [0, 0.1) is 36.5 Å². The zero-order valence-corrected chi connectivity index (χ0v) is 27.8. The molecule has 3 aromatic carbocycles. The second kappa shape index (κ2) is 10.5. The fraction of sp³-hybridized carbons (Fsp3) is 0.303. The molecular weight excluding hydrogens is 712 g/mol. The SMILES string of the molecule is Cc1ccccc1COc1ccc(Br)cc1[C@H]1c2sc(=O)[nH]c2SC2C3CC(C4C(=O)N(c5ccc(Br)cc5)C(=O)C34)C21. The number of amides is 2. The average Bonchev–Trinajstić information content (AvgIpc) is 3.72. The van der Waals surface area contributed by atoms with Gasteiger partial charge in [-0.25, -0.2) is 0 Å². The van der Waals surface area contributed by atoms with E-state index in [2.05, 4.69) is 62.0 Å². The van der Waals surface area contributed by atoms with E-state index in [-0.39, 0.29) is 57.4 Å². The number of aromatic amines is 1. The predicted molar refractivity (Wildman–Crippen MR) is 175 cm³/mol. The van der Waals surface area contributed by atoms with Gasteiger partial charge in [-0.15, -0.1) is 11.8 Å². The molecule has 4 aromatic rings. The highest BCUT2D eigenvalue weighted by molar-refractivity contribution is 9.10. The quantitative estimate of drug-likeness (QED) is 0.215. The highest BCUT2D eigenvalue weighted by Gasteiger charge is 2.69. The van der Waals surface area contributed by atoms with E-state index in [1.807, 2.05) is 48.5 Å². The highest BCUT2D eigenvalue weighted by Crippen LogP contribution is 2.69. The maximum atomic E-state index is 14.1. The fourth-order valence-electron chi connectivity index (χ4n) is 8.03. The van der Waals surface area contributed by atoms with Crippen molar-refractivity contribution in [1.29, 1.82) is 0 Å². The van der Waals surface area contributed by atoms with Crippen LogP contribution in [0.3, 0.4) is 0 Å². The van der Waals surface area contributed by atoms with Crippen LogP contribution in [-0.4, -0.2) is 22.0 Å². The van der Waals surface area contributed by atoms with Gasteiger partial charge in [-0.1, -0.05) is 67.5 Å². The molecule has 3 fully saturated rings. The van der Waals surface area contributed by atoms with Crippen LogP contribution in [0.1, 0.15) is 33.9 Å². The number of anilines is 1. The van der Waals surface area contributed by atoms with Gasteiger partial charge in [0.2, 0.25) is 11.8 Å². The summed E-state index contributed by atoms with van der Waals surface area (Å²) < 4.78 is 8.36. The molecule has 2 aliphatic carbocycles. The van der Waals surface area contributed by atoms with Crippen molar-refractivity contribution in [3.8, 4) is 5.75 Å². The summed E-state index contributed by atoms with van der Waals surface area (Å²) in [5, 5.41) is 0.996. The Hall–Kier alpha value is -2.66. The molecule has 2 bridgehead atoms. The third-order valence-corrected chi connectivity index (χ3v) is 13.4. The molecule has 6 unspecified atom stereocenters. The van der Waals surface area contributed by atoms with Gasteiger partial charge in [0.25, 0.3) is 0 Å². The number of ether oxygens (including phenoxy) is 1. The molecule has 0 spiro atoms. The second-order valence-corrected chi connectivity index (χ2v) is 15.9. The van der Waals surface area contributed by atoms with E-state index in [9.17, 15) is 14.4 Å². The smallest absolute Gasteiger partial charge is 0.305 e. The molecule has 218 valence electrons. The molecule has 2 aliphatic heterocycles. The minimum Gasteiger partial charge on any atom is -0.489 e. The molecule has 4 aliphatic rings. The average molecular weight is 739 g/mol. The van der Waals surface area contributed by atoms with Crippen LogP contribution < -0.4 is 14.5 Å². The molecule has 7 atom stereocenters. The lowest BCUT2D eigenvalue weighted by Gasteiger charge is -2.43. The minimum absolute atomic E-state index is 0.0305.